The lowest BCUT2D eigenvalue weighted by molar-refractivity contribution is -0.101. The summed E-state index contributed by atoms with van der Waals surface area (Å²) >= 11 is 0. The highest BCUT2D eigenvalue weighted by Gasteiger charge is 2.14. The van der Waals surface area contributed by atoms with Gasteiger partial charge in [-0.05, 0) is 40.0 Å². The molecule has 92 valence electrons. The number of rotatable bonds is 6. The second-order valence-corrected chi connectivity index (χ2v) is 4.65. The standard InChI is InChI=1S/C14H24O2/c1-12(2)6-4-7-13(3)9-11-16-14-8-5-10-15-14/h6,9,14H,4-5,7-8,10-11H2,1-3H3/b13-9+. The number of ether oxygens (including phenoxy) is 2. The maximum atomic E-state index is 5.59. The third-order valence-corrected chi connectivity index (χ3v) is 2.69. The largest absolute Gasteiger partial charge is 0.353 e. The van der Waals surface area contributed by atoms with E-state index in [2.05, 4.69) is 32.9 Å². The first-order chi connectivity index (χ1) is 7.68. The van der Waals surface area contributed by atoms with E-state index in [1.54, 1.807) is 0 Å². The van der Waals surface area contributed by atoms with Gasteiger partial charge in [0, 0.05) is 13.0 Å². The van der Waals surface area contributed by atoms with E-state index in [4.69, 9.17) is 9.47 Å². The maximum absolute atomic E-state index is 5.59. The highest BCUT2D eigenvalue weighted by molar-refractivity contribution is 5.02. The molecule has 1 fully saturated rings. The molecule has 0 aromatic rings. The lowest BCUT2D eigenvalue weighted by Crippen LogP contribution is -2.10. The SMILES string of the molecule is CC(C)=CCC/C(C)=C/COC1CCCO1. The zero-order valence-electron chi connectivity index (χ0n) is 10.8. The van der Waals surface area contributed by atoms with E-state index in [1.807, 2.05) is 0 Å². The van der Waals surface area contributed by atoms with Crippen LogP contribution in [0.2, 0.25) is 0 Å². The van der Waals surface area contributed by atoms with Gasteiger partial charge in [-0.1, -0.05) is 23.3 Å². The van der Waals surface area contributed by atoms with Gasteiger partial charge in [0.05, 0.1) is 6.61 Å². The average Bonchev–Trinajstić information content (AvgIpc) is 2.70. The third kappa shape index (κ3) is 6.09. The van der Waals surface area contributed by atoms with Crippen LogP contribution in [0.25, 0.3) is 0 Å². The van der Waals surface area contributed by atoms with Crippen molar-refractivity contribution < 1.29 is 9.47 Å². The summed E-state index contributed by atoms with van der Waals surface area (Å²) in [5, 5.41) is 0. The van der Waals surface area contributed by atoms with Crippen molar-refractivity contribution in [1.82, 2.24) is 0 Å². The van der Waals surface area contributed by atoms with Gasteiger partial charge < -0.3 is 9.47 Å². The number of hydrogen-bond donors (Lipinski definition) is 0. The predicted molar refractivity (Wildman–Crippen MR) is 67.3 cm³/mol. The lowest BCUT2D eigenvalue weighted by Gasteiger charge is -2.09. The van der Waals surface area contributed by atoms with E-state index in [9.17, 15) is 0 Å². The predicted octanol–water partition coefficient (Wildman–Crippen LogP) is 3.83. The first-order valence-corrected chi connectivity index (χ1v) is 6.20. The molecule has 1 unspecified atom stereocenters. The Bertz CT molecular complexity index is 243. The molecule has 0 aliphatic carbocycles. The molecule has 0 radical (unpaired) electrons. The first kappa shape index (κ1) is 13.5. The Hall–Kier alpha value is -0.600. The van der Waals surface area contributed by atoms with E-state index < -0.39 is 0 Å². The van der Waals surface area contributed by atoms with Crippen molar-refractivity contribution in [2.45, 2.75) is 52.7 Å². The van der Waals surface area contributed by atoms with Crippen molar-refractivity contribution >= 4 is 0 Å². The summed E-state index contributed by atoms with van der Waals surface area (Å²) < 4.78 is 11.0. The van der Waals surface area contributed by atoms with Crippen LogP contribution < -0.4 is 0 Å². The molecule has 16 heavy (non-hydrogen) atoms. The Labute approximate surface area is 99.3 Å². The molecule has 0 amide bonds. The Morgan fingerprint density at radius 1 is 1.31 bits per heavy atom. The van der Waals surface area contributed by atoms with Crippen molar-refractivity contribution in [2.75, 3.05) is 13.2 Å². The van der Waals surface area contributed by atoms with Gasteiger partial charge in [0.2, 0.25) is 0 Å². The van der Waals surface area contributed by atoms with Crippen molar-refractivity contribution in [3.8, 4) is 0 Å². The minimum Gasteiger partial charge on any atom is -0.353 e. The van der Waals surface area contributed by atoms with Gasteiger partial charge in [-0.15, -0.1) is 0 Å². The molecule has 1 heterocycles. The van der Waals surface area contributed by atoms with Gasteiger partial charge in [0.1, 0.15) is 0 Å². The van der Waals surface area contributed by atoms with E-state index in [0.29, 0.717) is 6.61 Å². The molecule has 0 aromatic carbocycles. The Morgan fingerprint density at radius 3 is 2.75 bits per heavy atom. The molecule has 0 spiro atoms. The highest BCUT2D eigenvalue weighted by atomic mass is 16.7. The van der Waals surface area contributed by atoms with E-state index in [1.165, 1.54) is 11.1 Å². The molecule has 1 aliphatic heterocycles. The molecule has 1 saturated heterocycles. The van der Waals surface area contributed by atoms with Crippen LogP contribution in [0.15, 0.2) is 23.3 Å². The molecule has 0 aromatic heterocycles. The van der Waals surface area contributed by atoms with Crippen LogP contribution in [-0.4, -0.2) is 19.5 Å². The molecule has 0 bridgehead atoms. The molecule has 2 heteroatoms. The third-order valence-electron chi connectivity index (χ3n) is 2.69. The molecule has 1 rings (SSSR count). The van der Waals surface area contributed by atoms with Crippen molar-refractivity contribution in [3.05, 3.63) is 23.3 Å². The monoisotopic (exact) mass is 224 g/mol. The van der Waals surface area contributed by atoms with Crippen molar-refractivity contribution in [1.29, 1.82) is 0 Å². The fraction of sp³-hybridized carbons (Fsp3) is 0.714. The van der Waals surface area contributed by atoms with E-state index >= 15 is 0 Å². The summed E-state index contributed by atoms with van der Waals surface area (Å²) in [5.74, 6) is 0. The fourth-order valence-corrected chi connectivity index (χ4v) is 1.67. The number of allylic oxidation sites excluding steroid dienone is 3. The van der Waals surface area contributed by atoms with Crippen LogP contribution in [0.1, 0.15) is 46.5 Å². The molecule has 1 atom stereocenters. The minimum atomic E-state index is 0.0434. The van der Waals surface area contributed by atoms with Crippen LogP contribution in [0.3, 0.4) is 0 Å². The van der Waals surface area contributed by atoms with Gasteiger partial charge in [0.15, 0.2) is 6.29 Å². The van der Waals surface area contributed by atoms with Crippen LogP contribution >= 0.6 is 0 Å². The Kier molecular flexibility index (Phi) is 6.43. The average molecular weight is 224 g/mol. The zero-order valence-corrected chi connectivity index (χ0v) is 10.8. The Balaban J connectivity index is 2.10. The molecule has 1 aliphatic rings. The van der Waals surface area contributed by atoms with Crippen LogP contribution in [-0.2, 0) is 9.47 Å². The van der Waals surface area contributed by atoms with E-state index in [0.717, 1.165) is 32.3 Å². The summed E-state index contributed by atoms with van der Waals surface area (Å²) in [6.45, 7) is 7.98. The summed E-state index contributed by atoms with van der Waals surface area (Å²) in [6.07, 6.45) is 8.92. The quantitative estimate of drug-likeness (QED) is 0.638. The smallest absolute Gasteiger partial charge is 0.158 e. The van der Waals surface area contributed by atoms with Crippen LogP contribution in [0.4, 0.5) is 0 Å². The molecule has 0 saturated carbocycles. The summed E-state index contributed by atoms with van der Waals surface area (Å²) in [4.78, 5) is 0. The summed E-state index contributed by atoms with van der Waals surface area (Å²) in [7, 11) is 0. The summed E-state index contributed by atoms with van der Waals surface area (Å²) in [5.41, 5.74) is 2.79. The minimum absolute atomic E-state index is 0.0434. The van der Waals surface area contributed by atoms with Crippen molar-refractivity contribution in [2.24, 2.45) is 0 Å². The van der Waals surface area contributed by atoms with Crippen molar-refractivity contribution in [3.63, 3.8) is 0 Å². The topological polar surface area (TPSA) is 18.5 Å². The molecular weight excluding hydrogens is 200 g/mol. The maximum Gasteiger partial charge on any atom is 0.158 e. The first-order valence-electron chi connectivity index (χ1n) is 6.20. The van der Waals surface area contributed by atoms with Gasteiger partial charge in [-0.3, -0.25) is 0 Å². The van der Waals surface area contributed by atoms with E-state index in [-0.39, 0.29) is 6.29 Å². The van der Waals surface area contributed by atoms with Gasteiger partial charge in [-0.2, -0.15) is 0 Å². The Morgan fingerprint density at radius 2 is 2.12 bits per heavy atom. The van der Waals surface area contributed by atoms with Crippen LogP contribution in [0.5, 0.6) is 0 Å². The summed E-state index contributed by atoms with van der Waals surface area (Å²) in [6, 6.07) is 0. The second kappa shape index (κ2) is 7.64. The van der Waals surface area contributed by atoms with Gasteiger partial charge in [-0.25, -0.2) is 0 Å². The molecular formula is C14H24O2. The zero-order chi connectivity index (χ0) is 11.8. The highest BCUT2D eigenvalue weighted by Crippen LogP contribution is 2.13. The normalized spacial score (nSPS) is 21.2. The molecule has 0 N–H and O–H groups in total. The van der Waals surface area contributed by atoms with Gasteiger partial charge >= 0.3 is 0 Å². The fourth-order valence-electron chi connectivity index (χ4n) is 1.67. The van der Waals surface area contributed by atoms with Crippen LogP contribution in [0, 0.1) is 0 Å². The lowest BCUT2D eigenvalue weighted by atomic mass is 10.1. The molecule has 2 nitrogen and oxygen atoms in total. The second-order valence-electron chi connectivity index (χ2n) is 4.65. The van der Waals surface area contributed by atoms with Gasteiger partial charge in [0.25, 0.3) is 0 Å². The number of hydrogen-bond acceptors (Lipinski definition) is 2.